The Bertz CT molecular complexity index is 3010. The van der Waals surface area contributed by atoms with E-state index in [4.69, 9.17) is 15.8 Å². The van der Waals surface area contributed by atoms with Crippen LogP contribution in [-0.4, -0.2) is 32.8 Å². The normalized spacial score (nSPS) is 12.0. The van der Waals surface area contributed by atoms with Crippen LogP contribution in [0.5, 0.6) is 0 Å². The van der Waals surface area contributed by atoms with Gasteiger partial charge in [-0.05, 0) is 59.7 Å². The molecule has 0 spiro atoms. The fourth-order valence-electron chi connectivity index (χ4n) is 8.36. The van der Waals surface area contributed by atoms with Crippen molar-refractivity contribution < 1.29 is 25.9 Å². The molecule has 0 aliphatic carbocycles. The van der Waals surface area contributed by atoms with E-state index in [9.17, 15) is 0 Å². The number of rotatable bonds is 9. The van der Waals surface area contributed by atoms with E-state index < -0.39 is 13.3 Å². The second-order valence-electron chi connectivity index (χ2n) is 18.2. The Morgan fingerprint density at radius 1 is 0.742 bits per heavy atom. The zero-order chi connectivity index (χ0) is 43.9. The summed E-state index contributed by atoms with van der Waals surface area (Å²) in [5, 5.41) is 2.11. The van der Waals surface area contributed by atoms with Crippen LogP contribution in [0.25, 0.3) is 72.6 Å². The van der Waals surface area contributed by atoms with Crippen LogP contribution in [0, 0.1) is 25.0 Å². The molecule has 0 aliphatic rings. The van der Waals surface area contributed by atoms with Crippen molar-refractivity contribution in [2.24, 2.45) is 5.92 Å². The van der Waals surface area contributed by atoms with Crippen molar-refractivity contribution in [2.45, 2.75) is 84.0 Å². The van der Waals surface area contributed by atoms with E-state index in [1.54, 1.807) is 12.1 Å². The summed E-state index contributed by atoms with van der Waals surface area (Å²) in [6.45, 7) is 15.6. The van der Waals surface area contributed by atoms with Gasteiger partial charge in [0.15, 0.2) is 0 Å². The third-order valence-electron chi connectivity index (χ3n) is 11.3. The van der Waals surface area contributed by atoms with Crippen LogP contribution >= 0.6 is 0 Å². The Morgan fingerprint density at radius 2 is 1.45 bits per heavy atom. The molecule has 4 aromatic heterocycles. The van der Waals surface area contributed by atoms with E-state index in [1.165, 1.54) is 37.9 Å². The summed E-state index contributed by atoms with van der Waals surface area (Å²) in [6, 6.07) is 46.6. The first-order valence-electron chi connectivity index (χ1n) is 22.1. The molecule has 0 amide bonds. The van der Waals surface area contributed by atoms with Gasteiger partial charge in [0.05, 0.1) is 16.9 Å². The number of furan rings is 1. The molecule has 5 nitrogen and oxygen atoms in total. The number of fused-ring (bicyclic) bond motifs is 4. The largest absolute Gasteiger partial charge is 0.333 e. The zero-order valence-electron chi connectivity index (χ0n) is 38.5. The van der Waals surface area contributed by atoms with Gasteiger partial charge >= 0.3 is 170 Å². The van der Waals surface area contributed by atoms with Gasteiger partial charge in [0, 0.05) is 25.8 Å². The Labute approximate surface area is 385 Å². The molecule has 0 unspecified atom stereocenters. The fourth-order valence-corrected chi connectivity index (χ4v) is 11.7. The van der Waals surface area contributed by atoms with Gasteiger partial charge in [-0.25, -0.2) is 0 Å². The van der Waals surface area contributed by atoms with Crippen molar-refractivity contribution in [1.29, 1.82) is 0 Å². The zero-order valence-corrected chi connectivity index (χ0v) is 42.0. The van der Waals surface area contributed by atoms with E-state index >= 15 is 0 Å². The quantitative estimate of drug-likeness (QED) is 0.107. The molecule has 0 fully saturated rings. The van der Waals surface area contributed by atoms with Crippen LogP contribution < -0.4 is 4.40 Å². The number of aromatic nitrogens is 4. The molecule has 0 N–H and O–H groups in total. The van der Waals surface area contributed by atoms with E-state index in [0.29, 0.717) is 29.5 Å². The number of aryl methyl sites for hydroxylation is 1. The van der Waals surface area contributed by atoms with Crippen LogP contribution in [0.15, 0.2) is 132 Å². The van der Waals surface area contributed by atoms with Gasteiger partial charge in [0.2, 0.25) is 0 Å². The van der Waals surface area contributed by atoms with E-state index in [2.05, 4.69) is 166 Å². The van der Waals surface area contributed by atoms with Crippen molar-refractivity contribution in [1.82, 2.24) is 19.5 Å². The molecule has 9 rings (SSSR count). The van der Waals surface area contributed by atoms with Crippen molar-refractivity contribution in [3.05, 3.63) is 162 Å². The third-order valence-corrected chi connectivity index (χ3v) is 15.7. The smallest absolute Gasteiger partial charge is 0.0774 e. The number of pyridine rings is 2. The molecule has 0 saturated heterocycles. The Kier molecular flexibility index (Phi) is 13.1. The Hall–Kier alpha value is -5.14. The summed E-state index contributed by atoms with van der Waals surface area (Å²) >= 11 is -1.99. The predicted octanol–water partition coefficient (Wildman–Crippen LogP) is 14.3. The monoisotopic (exact) mass is 1060 g/mol. The molecular formula is C55H56GeIrN4O-2. The number of hydrogen-bond donors (Lipinski definition) is 0. The minimum absolute atomic E-state index is 0. The summed E-state index contributed by atoms with van der Waals surface area (Å²) < 4.78 is 17.9. The van der Waals surface area contributed by atoms with Gasteiger partial charge in [0.1, 0.15) is 0 Å². The second-order valence-corrected chi connectivity index (χ2v) is 28.8. The molecule has 317 valence electrons. The average molecular weight is 1050 g/mol. The number of hydrogen-bond acceptors (Lipinski definition) is 4. The summed E-state index contributed by atoms with van der Waals surface area (Å²) in [4.78, 5) is 14.5. The molecule has 7 heteroatoms. The van der Waals surface area contributed by atoms with Gasteiger partial charge in [-0.1, -0.05) is 70.2 Å². The summed E-state index contributed by atoms with van der Waals surface area (Å²) in [5.74, 6) is 9.41. The fraction of sp³-hybridized carbons (Fsp3) is 0.255. The summed E-state index contributed by atoms with van der Waals surface area (Å²) in [6.07, 6.45) is 3.19. The number of imidazole rings is 1. The first kappa shape index (κ1) is 43.5. The van der Waals surface area contributed by atoms with Crippen molar-refractivity contribution in [2.75, 3.05) is 0 Å². The molecule has 62 heavy (non-hydrogen) atoms. The minimum Gasteiger partial charge on any atom is -0.333 e. The molecule has 5 aromatic carbocycles. The third kappa shape index (κ3) is 9.15. The molecular weight excluding hydrogens is 997 g/mol. The summed E-state index contributed by atoms with van der Waals surface area (Å²) in [7, 11) is 0. The van der Waals surface area contributed by atoms with Crippen LogP contribution in [-0.2, 0) is 26.5 Å². The average Bonchev–Trinajstić information content (AvgIpc) is 3.81. The first-order valence-corrected chi connectivity index (χ1v) is 28.9. The molecule has 0 aliphatic heterocycles. The Balaban J connectivity index is 0.000000189. The molecule has 0 atom stereocenters. The summed E-state index contributed by atoms with van der Waals surface area (Å²) in [5.41, 5.74) is 15.0. The number of benzene rings is 5. The maximum absolute atomic E-state index is 7.91. The van der Waals surface area contributed by atoms with Gasteiger partial charge in [-0.15, -0.1) is 35.9 Å². The molecule has 9 aromatic rings. The van der Waals surface area contributed by atoms with Crippen LogP contribution in [0.2, 0.25) is 17.3 Å². The van der Waals surface area contributed by atoms with Crippen LogP contribution in [0.1, 0.15) is 77.1 Å². The van der Waals surface area contributed by atoms with E-state index in [-0.39, 0.29) is 20.1 Å². The SMILES string of the molecule is Cc1ccc2c(n1)oc1c(-c3cc(CC(C)C)[c]([Ge]([CH3])([CH3])[CH3])cn3)[c-]ccc12.[2H]c1c[c-]c(-c2nc3ccccc3n2-c2c(C(C)C)cc(-c3ccccc3)cc2C(C)C)cc1.[Ir]. The van der Waals surface area contributed by atoms with Crippen molar-refractivity contribution in [3.63, 3.8) is 0 Å². The van der Waals surface area contributed by atoms with Crippen LogP contribution in [0.3, 0.4) is 0 Å². The number of nitrogens with zero attached hydrogens (tertiary/aromatic N) is 4. The van der Waals surface area contributed by atoms with Crippen LogP contribution in [0.4, 0.5) is 0 Å². The van der Waals surface area contributed by atoms with E-state index in [0.717, 1.165) is 62.1 Å². The van der Waals surface area contributed by atoms with E-state index in [1.807, 2.05) is 31.2 Å². The topological polar surface area (TPSA) is 56.7 Å². The van der Waals surface area contributed by atoms with Gasteiger partial charge in [-0.3, -0.25) is 4.98 Å². The minimum atomic E-state index is -1.99. The molecule has 0 bridgehead atoms. The number of para-hydroxylation sites is 2. The molecule has 1 radical (unpaired) electrons. The maximum atomic E-state index is 7.91. The Morgan fingerprint density at radius 3 is 2.11 bits per heavy atom. The molecule has 0 saturated carbocycles. The van der Waals surface area contributed by atoms with Gasteiger partial charge in [0.25, 0.3) is 0 Å². The van der Waals surface area contributed by atoms with Gasteiger partial charge < -0.3 is 4.57 Å². The first-order chi connectivity index (χ1) is 29.7. The maximum Gasteiger partial charge on any atom is 0.0774 e. The van der Waals surface area contributed by atoms with Crippen molar-refractivity contribution in [3.8, 4) is 39.5 Å². The standard InChI is InChI=1S/C31H29N2.C24H27GeN2O.Ir/c1-21(2)26-19-25(23-13-7-5-8-14-23)20-27(22(3)4)30(26)33-29-18-12-11-17-28(29)32-31(33)24-15-9-6-10-16-24;1-15(2)12-17-13-22(26-14-21(17)25(4,5)6)20-9-7-8-18-19-11-10-16(3)27-24(19)28-23(18)20;/h5-15,17-22H,1-4H3;7-8,10-11,13-15H,12H2,1-6H3;/q2*-1;/i6D;;. The second kappa shape index (κ2) is 18.7. The predicted molar refractivity (Wildman–Crippen MR) is 259 cm³/mol. The van der Waals surface area contributed by atoms with Crippen molar-refractivity contribution >= 4 is 50.8 Å². The van der Waals surface area contributed by atoms with Gasteiger partial charge in [-0.2, -0.15) is 0 Å². The molecule has 4 heterocycles.